The monoisotopic (exact) mass is 347 g/mol. The molecule has 1 unspecified atom stereocenters. The van der Waals surface area contributed by atoms with Crippen molar-refractivity contribution in [3.05, 3.63) is 59.4 Å². The molecule has 7 heteroatoms. The lowest BCUT2D eigenvalue weighted by molar-refractivity contribution is -0.137. The minimum Gasteiger partial charge on any atom is -0.372 e. The molecule has 6 nitrogen and oxygen atoms in total. The largest absolute Gasteiger partial charge is 0.372 e. The fraction of sp³-hybridized carbons (Fsp3) is 0.235. The van der Waals surface area contributed by atoms with Gasteiger partial charge in [0.05, 0.1) is 18.4 Å². The summed E-state index contributed by atoms with van der Waals surface area (Å²) in [6, 6.07) is 10.5. The summed E-state index contributed by atoms with van der Waals surface area (Å²) in [5.41, 5.74) is 0.433. The number of anilines is 1. The van der Waals surface area contributed by atoms with Gasteiger partial charge in [0, 0.05) is 18.3 Å². The normalized spacial score (nSPS) is 13.0. The maximum absolute atomic E-state index is 12.0. The van der Waals surface area contributed by atoms with Crippen molar-refractivity contribution < 1.29 is 14.3 Å². The fourth-order valence-electron chi connectivity index (χ4n) is 2.06. The maximum atomic E-state index is 12.0. The van der Waals surface area contributed by atoms with Gasteiger partial charge in [-0.1, -0.05) is 23.7 Å². The highest BCUT2D eigenvalue weighted by atomic mass is 35.5. The van der Waals surface area contributed by atoms with Gasteiger partial charge in [-0.05, 0) is 36.8 Å². The van der Waals surface area contributed by atoms with Gasteiger partial charge in [-0.2, -0.15) is 0 Å². The van der Waals surface area contributed by atoms with Gasteiger partial charge in [-0.3, -0.25) is 14.6 Å². The highest BCUT2D eigenvalue weighted by Gasteiger charge is 2.28. The first-order valence-corrected chi connectivity index (χ1v) is 7.63. The molecule has 0 aliphatic heterocycles. The number of rotatable bonds is 5. The number of nitrogens with one attached hydrogen (secondary N) is 2. The van der Waals surface area contributed by atoms with Crippen molar-refractivity contribution in [2.75, 3.05) is 19.0 Å². The molecule has 0 saturated carbocycles. The second-order valence-electron chi connectivity index (χ2n) is 5.32. The lowest BCUT2D eigenvalue weighted by atomic mass is 9.95. The molecule has 0 aliphatic rings. The van der Waals surface area contributed by atoms with E-state index in [1.54, 1.807) is 43.5 Å². The molecule has 2 N–H and O–H groups in total. The fourth-order valence-corrected chi connectivity index (χ4v) is 2.25. The number of methoxy groups -OCH3 is 1. The van der Waals surface area contributed by atoms with E-state index in [1.807, 2.05) is 6.07 Å². The number of hydrogen-bond donors (Lipinski definition) is 2. The molecule has 126 valence electrons. The predicted octanol–water partition coefficient (Wildman–Crippen LogP) is 2.35. The number of ether oxygens (including phenoxy) is 1. The quantitative estimate of drug-likeness (QED) is 0.814. The molecule has 0 radical (unpaired) electrons. The number of carbonyl (C=O) groups excluding carboxylic acids is 2. The topological polar surface area (TPSA) is 80.3 Å². The highest BCUT2D eigenvalue weighted by molar-refractivity contribution is 6.39. The van der Waals surface area contributed by atoms with Crippen LogP contribution in [0.3, 0.4) is 0 Å². The molecule has 1 heterocycles. The molecule has 0 aliphatic carbocycles. The van der Waals surface area contributed by atoms with Gasteiger partial charge in [0.2, 0.25) is 0 Å². The van der Waals surface area contributed by atoms with Gasteiger partial charge < -0.3 is 15.4 Å². The molecule has 24 heavy (non-hydrogen) atoms. The van der Waals surface area contributed by atoms with E-state index in [0.717, 1.165) is 5.56 Å². The Bertz CT molecular complexity index is 724. The Balaban J connectivity index is 1.99. The zero-order valence-electron chi connectivity index (χ0n) is 13.4. The first kappa shape index (κ1) is 17.9. The Morgan fingerprint density at radius 1 is 1.25 bits per heavy atom. The molecule has 2 rings (SSSR count). The number of benzene rings is 1. The Labute approximate surface area is 145 Å². The van der Waals surface area contributed by atoms with E-state index in [-0.39, 0.29) is 6.54 Å². The van der Waals surface area contributed by atoms with Gasteiger partial charge in [0.25, 0.3) is 0 Å². The van der Waals surface area contributed by atoms with Gasteiger partial charge >= 0.3 is 11.8 Å². The zero-order chi connectivity index (χ0) is 17.6. The Morgan fingerprint density at radius 3 is 2.67 bits per heavy atom. The van der Waals surface area contributed by atoms with Gasteiger partial charge in [0.1, 0.15) is 5.60 Å². The van der Waals surface area contributed by atoms with Crippen molar-refractivity contribution in [2.45, 2.75) is 12.5 Å². The second-order valence-corrected chi connectivity index (χ2v) is 5.76. The van der Waals surface area contributed by atoms with Crippen LogP contribution in [0.2, 0.25) is 5.02 Å². The van der Waals surface area contributed by atoms with E-state index in [2.05, 4.69) is 15.6 Å². The number of halogens is 1. The smallest absolute Gasteiger partial charge is 0.313 e. The molecule has 2 amide bonds. The SMILES string of the molecule is COC(C)(CNC(=O)C(=O)Nc1cccnc1)c1cccc(Cl)c1. The second kappa shape index (κ2) is 7.90. The summed E-state index contributed by atoms with van der Waals surface area (Å²) in [7, 11) is 1.53. The van der Waals surface area contributed by atoms with Crippen molar-refractivity contribution in [1.82, 2.24) is 10.3 Å². The van der Waals surface area contributed by atoms with Crippen LogP contribution in [0.4, 0.5) is 5.69 Å². The van der Waals surface area contributed by atoms with E-state index in [4.69, 9.17) is 16.3 Å². The van der Waals surface area contributed by atoms with Crippen LogP contribution in [0.25, 0.3) is 0 Å². The third-order valence-electron chi connectivity index (χ3n) is 3.60. The standard InChI is InChI=1S/C17H18ClN3O3/c1-17(24-2,12-5-3-6-13(18)9-12)11-20-15(22)16(23)21-14-7-4-8-19-10-14/h3-10H,11H2,1-2H3,(H,20,22)(H,21,23). The zero-order valence-corrected chi connectivity index (χ0v) is 14.1. The molecular formula is C17H18ClN3O3. The minimum atomic E-state index is -0.810. The predicted molar refractivity (Wildman–Crippen MR) is 91.7 cm³/mol. The van der Waals surface area contributed by atoms with E-state index in [9.17, 15) is 9.59 Å². The molecule has 0 fully saturated rings. The number of hydrogen-bond acceptors (Lipinski definition) is 4. The molecular weight excluding hydrogens is 330 g/mol. The van der Waals surface area contributed by atoms with E-state index in [0.29, 0.717) is 10.7 Å². The van der Waals surface area contributed by atoms with E-state index < -0.39 is 17.4 Å². The number of pyridine rings is 1. The van der Waals surface area contributed by atoms with Gasteiger partial charge in [-0.15, -0.1) is 0 Å². The van der Waals surface area contributed by atoms with Crippen LogP contribution in [0.15, 0.2) is 48.8 Å². The van der Waals surface area contributed by atoms with Crippen LogP contribution < -0.4 is 10.6 Å². The van der Waals surface area contributed by atoms with Crippen LogP contribution in [-0.2, 0) is 19.9 Å². The Hall–Kier alpha value is -2.44. The highest BCUT2D eigenvalue weighted by Crippen LogP contribution is 2.26. The number of nitrogens with zero attached hydrogens (tertiary/aromatic N) is 1. The molecule has 0 saturated heterocycles. The average Bonchev–Trinajstić information content (AvgIpc) is 2.60. The molecule has 0 spiro atoms. The van der Waals surface area contributed by atoms with E-state index >= 15 is 0 Å². The number of aromatic nitrogens is 1. The Morgan fingerprint density at radius 2 is 2.04 bits per heavy atom. The Kier molecular flexibility index (Phi) is 5.89. The summed E-state index contributed by atoms with van der Waals surface area (Å²) in [6.07, 6.45) is 3.03. The summed E-state index contributed by atoms with van der Waals surface area (Å²) in [4.78, 5) is 27.7. The lowest BCUT2D eigenvalue weighted by Gasteiger charge is -2.29. The first-order valence-electron chi connectivity index (χ1n) is 7.25. The lowest BCUT2D eigenvalue weighted by Crippen LogP contribution is -2.44. The summed E-state index contributed by atoms with van der Waals surface area (Å²) >= 11 is 6.00. The summed E-state index contributed by atoms with van der Waals surface area (Å²) < 4.78 is 5.51. The summed E-state index contributed by atoms with van der Waals surface area (Å²) in [5.74, 6) is -1.53. The van der Waals surface area contributed by atoms with Crippen molar-refractivity contribution in [1.29, 1.82) is 0 Å². The van der Waals surface area contributed by atoms with Crippen molar-refractivity contribution in [3.63, 3.8) is 0 Å². The molecule has 2 aromatic rings. The average molecular weight is 348 g/mol. The third-order valence-corrected chi connectivity index (χ3v) is 3.83. The summed E-state index contributed by atoms with van der Waals surface area (Å²) in [6.45, 7) is 1.92. The van der Waals surface area contributed by atoms with Crippen LogP contribution in [0, 0.1) is 0 Å². The van der Waals surface area contributed by atoms with Crippen LogP contribution in [-0.4, -0.2) is 30.5 Å². The van der Waals surface area contributed by atoms with Crippen LogP contribution in [0.5, 0.6) is 0 Å². The van der Waals surface area contributed by atoms with Crippen molar-refractivity contribution in [3.8, 4) is 0 Å². The molecule has 0 bridgehead atoms. The summed E-state index contributed by atoms with van der Waals surface area (Å²) in [5, 5.41) is 5.61. The third kappa shape index (κ3) is 4.53. The molecule has 1 aromatic heterocycles. The van der Waals surface area contributed by atoms with Gasteiger partial charge in [-0.25, -0.2) is 0 Å². The maximum Gasteiger partial charge on any atom is 0.313 e. The van der Waals surface area contributed by atoms with E-state index in [1.165, 1.54) is 13.3 Å². The van der Waals surface area contributed by atoms with Crippen molar-refractivity contribution >= 4 is 29.1 Å². The minimum absolute atomic E-state index is 0.114. The van der Waals surface area contributed by atoms with Gasteiger partial charge in [0.15, 0.2) is 0 Å². The van der Waals surface area contributed by atoms with Crippen molar-refractivity contribution in [2.24, 2.45) is 0 Å². The molecule has 1 aromatic carbocycles. The molecule has 1 atom stereocenters. The number of carbonyl (C=O) groups is 2. The number of amides is 2. The van der Waals surface area contributed by atoms with Crippen LogP contribution >= 0.6 is 11.6 Å². The van der Waals surface area contributed by atoms with Crippen LogP contribution in [0.1, 0.15) is 12.5 Å². The first-order chi connectivity index (χ1) is 11.4.